The number of nitrogens with zero attached hydrogens (tertiary/aromatic N) is 3. The highest BCUT2D eigenvalue weighted by atomic mass is 31.3. The molecule has 3 rings (SSSR count). The number of hydrogen-bond acceptors (Lipinski definition) is 13. The van der Waals surface area contributed by atoms with E-state index >= 15 is 0 Å². The number of anilines is 1. The van der Waals surface area contributed by atoms with Crippen molar-refractivity contribution in [2.45, 2.75) is 30.9 Å². The second-order valence-corrected chi connectivity index (χ2v) is 11.4. The highest BCUT2D eigenvalue weighted by Crippen LogP contribution is 2.66. The fraction of sp³-hybridized carbons (Fsp3) is 0.462. The lowest BCUT2D eigenvalue weighted by molar-refractivity contribution is -0.0438. The fourth-order valence-corrected chi connectivity index (χ4v) is 6.20. The van der Waals surface area contributed by atoms with E-state index in [0.29, 0.717) is 0 Å². The maximum atomic E-state index is 12.1. The first-order valence-corrected chi connectivity index (χ1v) is 13.6. The Morgan fingerprint density at radius 1 is 1.26 bits per heavy atom. The van der Waals surface area contributed by atoms with Crippen LogP contribution >= 0.6 is 23.5 Å². The van der Waals surface area contributed by atoms with Crippen LogP contribution in [0.3, 0.4) is 0 Å². The predicted molar refractivity (Wildman–Crippen MR) is 113 cm³/mol. The molecule has 0 aliphatic carbocycles. The number of aromatic nitrogens is 4. The van der Waals surface area contributed by atoms with E-state index in [1.165, 1.54) is 6.92 Å². The van der Waals surface area contributed by atoms with Crippen molar-refractivity contribution < 1.29 is 56.3 Å². The zero-order chi connectivity index (χ0) is 26.4. The number of imidazole rings is 1. The van der Waals surface area contributed by atoms with Gasteiger partial charge in [-0.15, -0.1) is 5.92 Å². The number of phosphoric ester groups is 1. The molecular weight excluding hydrogens is 541 g/mol. The lowest BCUT2D eigenvalue weighted by Gasteiger charge is -2.27. The van der Waals surface area contributed by atoms with Crippen molar-refractivity contribution in [1.82, 2.24) is 19.5 Å². The van der Waals surface area contributed by atoms with Crippen LogP contribution in [0.2, 0.25) is 0 Å². The minimum atomic E-state index is -5.75. The molecule has 3 unspecified atom stereocenters. The third-order valence-corrected chi connectivity index (χ3v) is 8.22. The smallest absolute Gasteiger partial charge is 0.387 e. The maximum absolute atomic E-state index is 12.1. The topological polar surface area (TPSA) is 305 Å². The minimum Gasteiger partial charge on any atom is -0.387 e. The molecule has 0 amide bonds. The molecule has 6 atom stereocenters. The van der Waals surface area contributed by atoms with Crippen molar-refractivity contribution in [3.8, 4) is 11.8 Å². The number of phosphoric acid groups is 3. The molecule has 0 saturated carbocycles. The molecule has 194 valence electrons. The molecule has 0 bridgehead atoms. The third-order valence-electron chi connectivity index (χ3n) is 4.42. The number of nitrogens with two attached hydrogens (primary N) is 2. The number of aromatic amines is 1. The first-order valence-electron chi connectivity index (χ1n) is 9.05. The summed E-state index contributed by atoms with van der Waals surface area (Å²) in [6.07, 6.45) is -3.57. The van der Waals surface area contributed by atoms with Gasteiger partial charge in [0.1, 0.15) is 12.2 Å². The molecule has 2 aromatic rings. The van der Waals surface area contributed by atoms with Gasteiger partial charge in [-0.3, -0.25) is 18.9 Å². The number of H-pyrrole nitrogens is 1. The molecule has 2 aromatic heterocycles. The van der Waals surface area contributed by atoms with Gasteiger partial charge in [0.2, 0.25) is 5.95 Å². The second kappa shape index (κ2) is 9.47. The molecular formula is C13H19N6O13P3. The van der Waals surface area contributed by atoms with Crippen molar-refractivity contribution in [2.75, 3.05) is 12.3 Å². The molecule has 1 saturated heterocycles. The number of rotatable bonds is 8. The summed E-state index contributed by atoms with van der Waals surface area (Å²) in [5.41, 5.74) is 8.98. The van der Waals surface area contributed by atoms with Crippen LogP contribution in [0.4, 0.5) is 5.95 Å². The van der Waals surface area contributed by atoms with Crippen LogP contribution in [0.15, 0.2) is 11.1 Å². The van der Waals surface area contributed by atoms with Crippen molar-refractivity contribution in [1.29, 1.82) is 0 Å². The summed E-state index contributed by atoms with van der Waals surface area (Å²) in [6.45, 7) is 0.388. The van der Waals surface area contributed by atoms with E-state index in [-0.39, 0.29) is 17.1 Å². The van der Waals surface area contributed by atoms with Crippen LogP contribution in [-0.4, -0.2) is 68.6 Å². The zero-order valence-corrected chi connectivity index (χ0v) is 20.0. The second-order valence-electron chi connectivity index (χ2n) is 6.94. The Kier molecular flexibility index (Phi) is 7.46. The zero-order valence-electron chi connectivity index (χ0n) is 17.4. The minimum absolute atomic E-state index is 0.0929. The first kappa shape index (κ1) is 27.6. The average molecular weight is 560 g/mol. The molecule has 10 N–H and O–H groups in total. The number of nitrogen functional groups attached to an aromatic ring is 1. The molecule has 0 aromatic carbocycles. The first-order chi connectivity index (χ1) is 16.0. The average Bonchev–Trinajstić information content (AvgIpc) is 3.17. The van der Waals surface area contributed by atoms with Gasteiger partial charge >= 0.3 is 23.5 Å². The van der Waals surface area contributed by atoms with E-state index in [9.17, 15) is 33.4 Å². The molecule has 19 nitrogen and oxygen atoms in total. The predicted octanol–water partition coefficient (Wildman–Crippen LogP) is -1.98. The SMILES string of the molecule is CC#CC1(N)[C@@H](O)[C@@H](COP(=O)(O)OP(=O)(O)OP(=O)(O)O)O[C@H]1n1cnc2c(=O)[nH]c(N)nc21. The number of hydrogen-bond donors (Lipinski definition) is 8. The quantitative estimate of drug-likeness (QED) is 0.128. The van der Waals surface area contributed by atoms with Crippen molar-refractivity contribution in [3.63, 3.8) is 0 Å². The molecule has 22 heteroatoms. The largest absolute Gasteiger partial charge is 0.490 e. The van der Waals surface area contributed by atoms with Crippen molar-refractivity contribution in [2.24, 2.45) is 5.73 Å². The van der Waals surface area contributed by atoms with Gasteiger partial charge in [0.25, 0.3) is 5.56 Å². The Hall–Kier alpha value is -2.00. The number of nitrogens with one attached hydrogen (secondary N) is 1. The van der Waals surface area contributed by atoms with Gasteiger partial charge in [-0.2, -0.15) is 13.6 Å². The van der Waals surface area contributed by atoms with E-state index < -0.39 is 59.6 Å². The fourth-order valence-electron chi connectivity index (χ4n) is 3.17. The molecule has 0 radical (unpaired) electrons. The Morgan fingerprint density at radius 2 is 1.91 bits per heavy atom. The molecule has 1 aliphatic rings. The van der Waals surface area contributed by atoms with Gasteiger partial charge in [-0.25, -0.2) is 18.7 Å². The van der Waals surface area contributed by atoms with Gasteiger partial charge in [0.15, 0.2) is 22.9 Å². The van der Waals surface area contributed by atoms with E-state index in [4.69, 9.17) is 26.0 Å². The van der Waals surface area contributed by atoms with Crippen molar-refractivity contribution in [3.05, 3.63) is 16.7 Å². The molecule has 35 heavy (non-hydrogen) atoms. The van der Waals surface area contributed by atoms with Crippen LogP contribution in [-0.2, 0) is 31.6 Å². The summed E-state index contributed by atoms with van der Waals surface area (Å²) in [7, 11) is -16.8. The van der Waals surface area contributed by atoms with Gasteiger partial charge in [-0.1, -0.05) is 5.92 Å². The van der Waals surface area contributed by atoms with Gasteiger partial charge in [0.05, 0.1) is 12.9 Å². The monoisotopic (exact) mass is 560 g/mol. The highest BCUT2D eigenvalue weighted by molar-refractivity contribution is 7.66. The van der Waals surface area contributed by atoms with Gasteiger partial charge in [-0.05, 0) is 6.92 Å². The van der Waals surface area contributed by atoms with Crippen LogP contribution in [0.25, 0.3) is 11.2 Å². The number of ether oxygens (including phenoxy) is 1. The normalized spacial score (nSPS) is 28.3. The molecule has 1 aliphatic heterocycles. The molecule has 1 fully saturated rings. The number of aliphatic hydroxyl groups is 1. The Bertz CT molecular complexity index is 1390. The van der Waals surface area contributed by atoms with E-state index in [2.05, 4.69) is 39.9 Å². The standard InChI is InChI=1S/C13H19N6O13P3/c1-2-3-13(15)8(20)6(4-29-34(25,26)32-35(27,28)31-33(22,23)24)30-11(13)19-5-16-7-9(19)17-12(14)18-10(7)21/h5-6,8,11,20H,4,15H2,1H3,(H,25,26)(H,27,28)(H2,22,23,24)(H3,14,17,18,21)/t6-,8+,11-,13?/m1/s1. The van der Waals surface area contributed by atoms with Crippen LogP contribution in [0, 0.1) is 11.8 Å². The third kappa shape index (κ3) is 6.05. The lowest BCUT2D eigenvalue weighted by atomic mass is 9.91. The highest BCUT2D eigenvalue weighted by Gasteiger charge is 2.55. The summed E-state index contributed by atoms with van der Waals surface area (Å²) in [5, 5.41) is 10.7. The van der Waals surface area contributed by atoms with Crippen LogP contribution < -0.4 is 17.0 Å². The Labute approximate surface area is 194 Å². The number of aliphatic hydroxyl groups excluding tert-OH is 1. The van der Waals surface area contributed by atoms with Crippen LogP contribution in [0.1, 0.15) is 13.2 Å². The molecule has 3 heterocycles. The van der Waals surface area contributed by atoms with E-state index in [1.807, 2.05) is 0 Å². The van der Waals surface area contributed by atoms with Gasteiger partial charge < -0.3 is 40.9 Å². The lowest BCUT2D eigenvalue weighted by Crippen LogP contribution is -2.53. The maximum Gasteiger partial charge on any atom is 0.490 e. The van der Waals surface area contributed by atoms with E-state index in [0.717, 1.165) is 10.9 Å². The summed E-state index contributed by atoms with van der Waals surface area (Å²) < 4.78 is 52.7. The van der Waals surface area contributed by atoms with E-state index in [1.54, 1.807) is 0 Å². The summed E-state index contributed by atoms with van der Waals surface area (Å²) in [4.78, 5) is 58.2. The summed E-state index contributed by atoms with van der Waals surface area (Å²) in [6, 6.07) is 0. The summed E-state index contributed by atoms with van der Waals surface area (Å²) >= 11 is 0. The Morgan fingerprint density at radius 3 is 2.51 bits per heavy atom. The Balaban J connectivity index is 1.87. The van der Waals surface area contributed by atoms with Crippen LogP contribution in [0.5, 0.6) is 0 Å². The van der Waals surface area contributed by atoms with Crippen molar-refractivity contribution >= 4 is 40.6 Å². The summed E-state index contributed by atoms with van der Waals surface area (Å²) in [5.74, 6) is 4.77. The molecule has 0 spiro atoms. The van der Waals surface area contributed by atoms with Gasteiger partial charge in [0, 0.05) is 0 Å². The number of fused-ring (bicyclic) bond motifs is 1.